The molecule has 1 aromatic rings. The molecule has 1 unspecified atom stereocenters. The molecule has 0 radical (unpaired) electrons. The first kappa shape index (κ1) is 15.2. The fourth-order valence-electron chi connectivity index (χ4n) is 2.12. The Labute approximate surface area is 113 Å². The fraction of sp³-hybridized carbons (Fsp3) is 0.467. The molecule has 0 aliphatic heterocycles. The lowest BCUT2D eigenvalue weighted by Gasteiger charge is -2.22. The van der Waals surface area contributed by atoms with Crippen LogP contribution in [0.4, 0.5) is 0 Å². The summed E-state index contributed by atoms with van der Waals surface area (Å²) in [5, 5.41) is 9.22. The zero-order valence-electron chi connectivity index (χ0n) is 11.6. The molecule has 0 aliphatic rings. The van der Waals surface area contributed by atoms with Crippen molar-refractivity contribution < 1.29 is 19.4 Å². The van der Waals surface area contributed by atoms with Crippen LogP contribution in [0.15, 0.2) is 24.3 Å². The highest BCUT2D eigenvalue weighted by atomic mass is 16.5. The van der Waals surface area contributed by atoms with Crippen molar-refractivity contribution in [3.05, 3.63) is 35.4 Å². The van der Waals surface area contributed by atoms with E-state index in [4.69, 9.17) is 4.74 Å². The Bertz CT molecular complexity index is 451. The van der Waals surface area contributed by atoms with Gasteiger partial charge in [0.05, 0.1) is 18.6 Å². The first-order valence-electron chi connectivity index (χ1n) is 6.45. The molecule has 0 heterocycles. The molecule has 0 spiro atoms. The molecule has 4 heteroatoms. The van der Waals surface area contributed by atoms with E-state index in [1.165, 1.54) is 0 Å². The molecule has 4 nitrogen and oxygen atoms in total. The maximum atomic E-state index is 11.6. The topological polar surface area (TPSA) is 63.6 Å². The zero-order valence-corrected chi connectivity index (χ0v) is 11.6. The van der Waals surface area contributed by atoms with E-state index in [0.717, 1.165) is 0 Å². The van der Waals surface area contributed by atoms with Crippen molar-refractivity contribution in [3.63, 3.8) is 0 Å². The summed E-state index contributed by atoms with van der Waals surface area (Å²) in [7, 11) is 0. The van der Waals surface area contributed by atoms with E-state index >= 15 is 0 Å². The van der Waals surface area contributed by atoms with Gasteiger partial charge in [-0.15, -0.1) is 0 Å². The number of carboxylic acid groups (broad SMARTS) is 1. The highest BCUT2D eigenvalue weighted by molar-refractivity contribution is 5.89. The van der Waals surface area contributed by atoms with Gasteiger partial charge in [-0.2, -0.15) is 0 Å². The van der Waals surface area contributed by atoms with Gasteiger partial charge in [0.25, 0.3) is 0 Å². The standard InChI is InChI=1S/C15H20O4/c1-4-19-14(16)9-13(10(2)3)11-7-5-6-8-12(11)15(17)18/h5-8,10,13H,4,9H2,1-3H3,(H,17,18). The second-order valence-electron chi connectivity index (χ2n) is 4.75. The highest BCUT2D eigenvalue weighted by Crippen LogP contribution is 2.30. The predicted molar refractivity (Wildman–Crippen MR) is 72.2 cm³/mol. The van der Waals surface area contributed by atoms with Crippen LogP contribution in [0.3, 0.4) is 0 Å². The molecule has 1 atom stereocenters. The predicted octanol–water partition coefficient (Wildman–Crippen LogP) is 3.08. The quantitative estimate of drug-likeness (QED) is 0.802. The molecular weight excluding hydrogens is 244 g/mol. The van der Waals surface area contributed by atoms with E-state index in [1.807, 2.05) is 13.8 Å². The van der Waals surface area contributed by atoms with Crippen molar-refractivity contribution in [1.82, 2.24) is 0 Å². The second-order valence-corrected chi connectivity index (χ2v) is 4.75. The van der Waals surface area contributed by atoms with Gasteiger partial charge < -0.3 is 9.84 Å². The average molecular weight is 264 g/mol. The van der Waals surface area contributed by atoms with Crippen LogP contribution in [0.25, 0.3) is 0 Å². The minimum absolute atomic E-state index is 0.147. The summed E-state index contributed by atoms with van der Waals surface area (Å²) in [6.45, 7) is 6.04. The second kappa shape index (κ2) is 6.92. The fourth-order valence-corrected chi connectivity index (χ4v) is 2.12. The van der Waals surface area contributed by atoms with Gasteiger partial charge in [0.15, 0.2) is 0 Å². The Hall–Kier alpha value is -1.84. The van der Waals surface area contributed by atoms with Gasteiger partial charge in [-0.25, -0.2) is 4.79 Å². The number of carbonyl (C=O) groups is 2. The lowest BCUT2D eigenvalue weighted by Crippen LogP contribution is -2.17. The van der Waals surface area contributed by atoms with Crippen LogP contribution in [-0.4, -0.2) is 23.7 Å². The van der Waals surface area contributed by atoms with Crippen LogP contribution in [0.5, 0.6) is 0 Å². The lowest BCUT2D eigenvalue weighted by atomic mass is 9.83. The van der Waals surface area contributed by atoms with Gasteiger partial charge >= 0.3 is 11.9 Å². The number of benzene rings is 1. The summed E-state index contributed by atoms with van der Waals surface area (Å²) in [5.74, 6) is -1.25. The Morgan fingerprint density at radius 2 is 1.89 bits per heavy atom. The number of hydrogen-bond donors (Lipinski definition) is 1. The zero-order chi connectivity index (χ0) is 14.4. The third kappa shape index (κ3) is 4.09. The van der Waals surface area contributed by atoms with E-state index in [1.54, 1.807) is 31.2 Å². The molecule has 1 N–H and O–H groups in total. The highest BCUT2D eigenvalue weighted by Gasteiger charge is 2.24. The van der Waals surface area contributed by atoms with Crippen LogP contribution in [0.1, 0.15) is 49.0 Å². The van der Waals surface area contributed by atoms with Crippen LogP contribution in [-0.2, 0) is 9.53 Å². The normalized spacial score (nSPS) is 12.2. The van der Waals surface area contributed by atoms with Crippen molar-refractivity contribution in [2.75, 3.05) is 6.61 Å². The summed E-state index contributed by atoms with van der Waals surface area (Å²) in [5.41, 5.74) is 0.948. The molecule has 0 fully saturated rings. The third-order valence-corrected chi connectivity index (χ3v) is 3.09. The SMILES string of the molecule is CCOC(=O)CC(c1ccccc1C(=O)O)C(C)C. The maximum absolute atomic E-state index is 11.6. The summed E-state index contributed by atoms with van der Waals surface area (Å²) >= 11 is 0. The van der Waals surface area contributed by atoms with Gasteiger partial charge in [0.1, 0.15) is 0 Å². The summed E-state index contributed by atoms with van der Waals surface area (Å²) < 4.78 is 4.96. The molecular formula is C15H20O4. The summed E-state index contributed by atoms with van der Waals surface area (Å²) in [6, 6.07) is 6.82. The van der Waals surface area contributed by atoms with Crippen molar-refractivity contribution >= 4 is 11.9 Å². The third-order valence-electron chi connectivity index (χ3n) is 3.09. The summed E-state index contributed by atoms with van der Waals surface area (Å²) in [4.78, 5) is 22.9. The van der Waals surface area contributed by atoms with Crippen LogP contribution < -0.4 is 0 Å². The van der Waals surface area contributed by atoms with E-state index in [-0.39, 0.29) is 29.8 Å². The molecule has 0 bridgehead atoms. The number of hydrogen-bond acceptors (Lipinski definition) is 3. The summed E-state index contributed by atoms with van der Waals surface area (Å²) in [6.07, 6.45) is 0.204. The smallest absolute Gasteiger partial charge is 0.335 e. The molecule has 104 valence electrons. The maximum Gasteiger partial charge on any atom is 0.335 e. The van der Waals surface area contributed by atoms with Gasteiger partial charge in [-0.1, -0.05) is 32.0 Å². The van der Waals surface area contributed by atoms with Crippen molar-refractivity contribution in [2.24, 2.45) is 5.92 Å². The molecule has 0 saturated heterocycles. The van der Waals surface area contributed by atoms with Gasteiger partial charge in [0.2, 0.25) is 0 Å². The number of carbonyl (C=O) groups excluding carboxylic acids is 1. The van der Waals surface area contributed by atoms with Gasteiger partial charge in [-0.3, -0.25) is 4.79 Å². The van der Waals surface area contributed by atoms with Crippen molar-refractivity contribution in [2.45, 2.75) is 33.1 Å². The van der Waals surface area contributed by atoms with Crippen LogP contribution >= 0.6 is 0 Å². The van der Waals surface area contributed by atoms with E-state index < -0.39 is 5.97 Å². The van der Waals surface area contributed by atoms with Gasteiger partial charge in [0, 0.05) is 0 Å². The number of aromatic carboxylic acids is 1. The molecule has 1 rings (SSSR count). The van der Waals surface area contributed by atoms with Crippen LogP contribution in [0, 0.1) is 5.92 Å². The van der Waals surface area contributed by atoms with Crippen LogP contribution in [0.2, 0.25) is 0 Å². The molecule has 19 heavy (non-hydrogen) atoms. The Balaban J connectivity index is 3.06. The van der Waals surface area contributed by atoms with Crippen molar-refractivity contribution in [1.29, 1.82) is 0 Å². The Morgan fingerprint density at radius 3 is 2.42 bits per heavy atom. The number of esters is 1. The molecule has 1 aromatic carbocycles. The minimum Gasteiger partial charge on any atom is -0.478 e. The molecule has 0 saturated carbocycles. The minimum atomic E-state index is -0.967. The molecule has 0 amide bonds. The molecule has 0 aliphatic carbocycles. The van der Waals surface area contributed by atoms with E-state index in [0.29, 0.717) is 12.2 Å². The monoisotopic (exact) mass is 264 g/mol. The number of ether oxygens (including phenoxy) is 1. The van der Waals surface area contributed by atoms with E-state index in [2.05, 4.69) is 0 Å². The Morgan fingerprint density at radius 1 is 1.26 bits per heavy atom. The lowest BCUT2D eigenvalue weighted by molar-refractivity contribution is -0.143. The first-order chi connectivity index (χ1) is 8.97. The first-order valence-corrected chi connectivity index (χ1v) is 6.45. The largest absolute Gasteiger partial charge is 0.478 e. The van der Waals surface area contributed by atoms with Crippen molar-refractivity contribution in [3.8, 4) is 0 Å². The Kier molecular flexibility index (Phi) is 5.55. The average Bonchev–Trinajstić information content (AvgIpc) is 2.36. The number of rotatable bonds is 6. The molecule has 0 aromatic heterocycles. The number of carboxylic acids is 1. The van der Waals surface area contributed by atoms with Gasteiger partial charge in [-0.05, 0) is 30.4 Å². The van der Waals surface area contributed by atoms with E-state index in [9.17, 15) is 14.7 Å².